The number of piperidine rings is 1. The predicted octanol–water partition coefficient (Wildman–Crippen LogP) is 5.92. The first kappa shape index (κ1) is 28.7. The van der Waals surface area contributed by atoms with E-state index < -0.39 is 6.10 Å². The first-order valence-electron chi connectivity index (χ1n) is 13.8. The smallest absolute Gasteiger partial charge is 0.326 e. The summed E-state index contributed by atoms with van der Waals surface area (Å²) in [5, 5.41) is 9.53. The number of rotatable bonds is 7. The van der Waals surface area contributed by atoms with Crippen molar-refractivity contribution in [1.29, 1.82) is 0 Å². The van der Waals surface area contributed by atoms with E-state index >= 15 is 0 Å². The van der Waals surface area contributed by atoms with Crippen LogP contribution in [-0.2, 0) is 0 Å². The van der Waals surface area contributed by atoms with Gasteiger partial charge in [-0.15, -0.1) is 6.10 Å². The molecule has 3 aromatic carbocycles. The average molecular weight is 535 g/mol. The van der Waals surface area contributed by atoms with E-state index in [0.717, 1.165) is 73.0 Å². The van der Waals surface area contributed by atoms with Crippen LogP contribution in [0.1, 0.15) is 68.2 Å². The second-order valence-electron chi connectivity index (χ2n) is 10.7. The summed E-state index contributed by atoms with van der Waals surface area (Å²) < 4.78 is 28.9. The van der Waals surface area contributed by atoms with Gasteiger partial charge >= 0.3 is 5.69 Å². The fourth-order valence-corrected chi connectivity index (χ4v) is 5.44. The van der Waals surface area contributed by atoms with E-state index in [1.54, 1.807) is 13.8 Å². The number of aromatic nitrogens is 2. The van der Waals surface area contributed by atoms with Crippen LogP contribution in [0.5, 0.6) is 0 Å². The topological polar surface area (TPSA) is 64.1 Å². The Kier molecular flexibility index (Phi) is 9.70. The molecule has 0 saturated carbocycles. The minimum absolute atomic E-state index is 0.0227. The van der Waals surface area contributed by atoms with Gasteiger partial charge in [0.25, 0.3) is 0 Å². The highest BCUT2D eigenvalue weighted by molar-refractivity contribution is 5.76. The summed E-state index contributed by atoms with van der Waals surface area (Å²) in [6.07, 6.45) is 3.36. The maximum atomic E-state index is 13.5. The maximum absolute atomic E-state index is 13.5. The van der Waals surface area contributed by atoms with Crippen molar-refractivity contribution in [2.24, 2.45) is 0 Å². The SMILES string of the molecule is CC(C)[O-].Cc1ccc2c(c1)[nH]c(=O)n2C1CCN(CCCC(c2ccc(F)cc2)c2ccc(F)cc2)CC1. The first-order chi connectivity index (χ1) is 18.7. The van der Waals surface area contributed by atoms with E-state index in [9.17, 15) is 18.7 Å². The molecule has 5 rings (SSSR count). The molecule has 1 aliphatic heterocycles. The molecular formula is C32H38F2N3O2-. The number of halogens is 2. The summed E-state index contributed by atoms with van der Waals surface area (Å²) in [5.74, 6) is -0.403. The molecule has 0 amide bonds. The number of aromatic amines is 1. The Morgan fingerprint density at radius 3 is 2.00 bits per heavy atom. The Hall–Kier alpha value is -3.29. The molecule has 0 radical (unpaired) electrons. The van der Waals surface area contributed by atoms with Crippen LogP contribution in [0.4, 0.5) is 8.78 Å². The maximum Gasteiger partial charge on any atom is 0.326 e. The monoisotopic (exact) mass is 534 g/mol. The number of nitrogens with one attached hydrogen (secondary N) is 1. The Balaban J connectivity index is 0.000000826. The summed E-state index contributed by atoms with van der Waals surface area (Å²) in [6, 6.07) is 19.6. The lowest BCUT2D eigenvalue weighted by molar-refractivity contribution is -0.407. The molecule has 0 aliphatic carbocycles. The molecule has 1 N–H and O–H groups in total. The molecule has 0 spiro atoms. The Bertz CT molecular complexity index is 1340. The molecule has 1 aliphatic rings. The lowest BCUT2D eigenvalue weighted by atomic mass is 9.87. The van der Waals surface area contributed by atoms with Gasteiger partial charge in [-0.25, -0.2) is 13.6 Å². The van der Waals surface area contributed by atoms with Crippen molar-refractivity contribution in [2.75, 3.05) is 19.6 Å². The van der Waals surface area contributed by atoms with Gasteiger partial charge in [-0.1, -0.05) is 44.2 Å². The van der Waals surface area contributed by atoms with Crippen LogP contribution >= 0.6 is 0 Å². The molecular weight excluding hydrogens is 496 g/mol. The van der Waals surface area contributed by atoms with Gasteiger partial charge in [0.1, 0.15) is 11.6 Å². The third-order valence-electron chi connectivity index (χ3n) is 7.31. The molecule has 0 bridgehead atoms. The van der Waals surface area contributed by atoms with Crippen molar-refractivity contribution in [1.82, 2.24) is 14.5 Å². The van der Waals surface area contributed by atoms with Crippen LogP contribution in [0.25, 0.3) is 11.0 Å². The zero-order chi connectivity index (χ0) is 27.9. The van der Waals surface area contributed by atoms with E-state index in [2.05, 4.69) is 16.0 Å². The second-order valence-corrected chi connectivity index (χ2v) is 10.7. The number of benzene rings is 3. The number of likely N-dealkylation sites (tertiary alicyclic amines) is 1. The Labute approximate surface area is 229 Å². The Morgan fingerprint density at radius 1 is 0.923 bits per heavy atom. The van der Waals surface area contributed by atoms with Crippen LogP contribution in [0, 0.1) is 18.6 Å². The molecule has 4 aromatic rings. The third-order valence-corrected chi connectivity index (χ3v) is 7.31. The molecule has 2 heterocycles. The number of nitrogens with zero attached hydrogens (tertiary/aromatic N) is 2. The lowest BCUT2D eigenvalue weighted by Crippen LogP contribution is -2.37. The highest BCUT2D eigenvalue weighted by atomic mass is 19.1. The molecule has 5 nitrogen and oxygen atoms in total. The molecule has 39 heavy (non-hydrogen) atoms. The van der Waals surface area contributed by atoms with Gasteiger partial charge in [0.2, 0.25) is 0 Å². The van der Waals surface area contributed by atoms with Gasteiger partial charge in [-0.3, -0.25) is 4.57 Å². The quantitative estimate of drug-likeness (QED) is 0.320. The normalized spacial score (nSPS) is 14.7. The zero-order valence-corrected chi connectivity index (χ0v) is 23.0. The number of aryl methyl sites for hydroxylation is 1. The van der Waals surface area contributed by atoms with Gasteiger partial charge in [-0.05, 0) is 92.2 Å². The number of imidazole rings is 1. The van der Waals surface area contributed by atoms with E-state index in [0.29, 0.717) is 0 Å². The van der Waals surface area contributed by atoms with Crippen molar-refractivity contribution in [3.63, 3.8) is 0 Å². The van der Waals surface area contributed by atoms with Gasteiger partial charge in [0.05, 0.1) is 11.0 Å². The fourth-order valence-electron chi connectivity index (χ4n) is 5.44. The number of H-pyrrole nitrogens is 1. The van der Waals surface area contributed by atoms with Gasteiger partial charge < -0.3 is 15.0 Å². The molecule has 1 fully saturated rings. The largest absolute Gasteiger partial charge is 0.852 e. The van der Waals surface area contributed by atoms with E-state index in [4.69, 9.17) is 0 Å². The number of fused-ring (bicyclic) bond motifs is 1. The van der Waals surface area contributed by atoms with Crippen LogP contribution in [0.2, 0.25) is 0 Å². The average Bonchev–Trinajstić information content (AvgIpc) is 3.23. The van der Waals surface area contributed by atoms with Crippen LogP contribution in [0.3, 0.4) is 0 Å². The van der Waals surface area contributed by atoms with Gasteiger partial charge in [-0.2, -0.15) is 0 Å². The zero-order valence-electron chi connectivity index (χ0n) is 23.0. The summed E-state index contributed by atoms with van der Waals surface area (Å²) in [7, 11) is 0. The van der Waals surface area contributed by atoms with Crippen molar-refractivity contribution >= 4 is 11.0 Å². The molecule has 7 heteroatoms. The van der Waals surface area contributed by atoms with E-state index in [1.807, 2.05) is 47.9 Å². The standard InChI is InChI=1S/C29H31F2N3O.C3H7O/c1-20-4-13-28-27(19-20)32-29(35)34(28)25-14-17-33(18-15-25)16-2-3-26(21-5-9-23(30)10-6-21)22-7-11-24(31)12-8-22;1-3(2)4/h4-13,19,25-26H,2-3,14-18H2,1H3,(H,32,35);3H,1-2H3/q;-1. The number of hydrogen-bond acceptors (Lipinski definition) is 3. The van der Waals surface area contributed by atoms with E-state index in [1.165, 1.54) is 24.3 Å². The molecule has 1 saturated heterocycles. The highest BCUT2D eigenvalue weighted by Crippen LogP contribution is 2.31. The van der Waals surface area contributed by atoms with Gasteiger partial charge in [0, 0.05) is 25.0 Å². The van der Waals surface area contributed by atoms with Crippen LogP contribution < -0.4 is 10.8 Å². The summed E-state index contributed by atoms with van der Waals surface area (Å²) in [4.78, 5) is 18.1. The molecule has 208 valence electrons. The highest BCUT2D eigenvalue weighted by Gasteiger charge is 2.24. The minimum atomic E-state index is -0.417. The third kappa shape index (κ3) is 7.64. The van der Waals surface area contributed by atoms with E-state index in [-0.39, 0.29) is 29.3 Å². The first-order valence-corrected chi connectivity index (χ1v) is 13.8. The van der Waals surface area contributed by atoms with Crippen LogP contribution in [-0.4, -0.2) is 40.2 Å². The molecule has 1 aromatic heterocycles. The van der Waals surface area contributed by atoms with Crippen LogP contribution in [0.15, 0.2) is 71.5 Å². The summed E-state index contributed by atoms with van der Waals surface area (Å²) >= 11 is 0. The predicted molar refractivity (Wildman–Crippen MR) is 151 cm³/mol. The summed E-state index contributed by atoms with van der Waals surface area (Å²) in [5.41, 5.74) is 5.10. The fraction of sp³-hybridized carbons (Fsp3) is 0.406. The van der Waals surface area contributed by atoms with Crippen molar-refractivity contribution in [2.45, 2.75) is 64.5 Å². The van der Waals surface area contributed by atoms with Gasteiger partial charge in [0.15, 0.2) is 0 Å². The minimum Gasteiger partial charge on any atom is -0.852 e. The van der Waals surface area contributed by atoms with Crippen molar-refractivity contribution in [3.8, 4) is 0 Å². The number of hydrogen-bond donors (Lipinski definition) is 1. The lowest BCUT2D eigenvalue weighted by Gasteiger charge is -2.33. The van der Waals surface area contributed by atoms with Crippen molar-refractivity contribution in [3.05, 3.63) is 106 Å². The summed E-state index contributed by atoms with van der Waals surface area (Å²) in [6.45, 7) is 8.12. The Morgan fingerprint density at radius 2 is 1.46 bits per heavy atom. The second kappa shape index (κ2) is 13.2. The van der Waals surface area contributed by atoms with Crippen molar-refractivity contribution < 1.29 is 13.9 Å². The molecule has 0 unspecified atom stereocenters. The molecule has 0 atom stereocenters.